The fraction of sp³-hybridized carbons (Fsp3) is 1.00. The number of nitrogens with zero attached hydrogens (tertiary/aromatic N) is 1. The third kappa shape index (κ3) is 4.21. The van der Waals surface area contributed by atoms with Crippen molar-refractivity contribution in [3.05, 3.63) is 0 Å². The van der Waals surface area contributed by atoms with E-state index in [4.69, 9.17) is 0 Å². The van der Waals surface area contributed by atoms with Crippen LogP contribution >= 0.6 is 0 Å². The molecule has 2 fully saturated rings. The van der Waals surface area contributed by atoms with E-state index >= 15 is 0 Å². The molecule has 3 unspecified atom stereocenters. The molecule has 0 aliphatic heterocycles. The van der Waals surface area contributed by atoms with Crippen LogP contribution in [0.4, 0.5) is 0 Å². The van der Waals surface area contributed by atoms with Gasteiger partial charge in [-0.1, -0.05) is 20.3 Å². The first kappa shape index (κ1) is 16.3. The third-order valence-corrected chi connectivity index (χ3v) is 6.15. The Morgan fingerprint density at radius 3 is 2.35 bits per heavy atom. The molecule has 20 heavy (non-hydrogen) atoms. The minimum absolute atomic E-state index is 0.751. The maximum absolute atomic E-state index is 3.57. The predicted molar refractivity (Wildman–Crippen MR) is 88.0 cm³/mol. The van der Waals surface area contributed by atoms with E-state index in [-0.39, 0.29) is 0 Å². The van der Waals surface area contributed by atoms with Gasteiger partial charge < -0.3 is 10.2 Å². The highest BCUT2D eigenvalue weighted by Crippen LogP contribution is 2.32. The smallest absolute Gasteiger partial charge is 0.0105 e. The Kier molecular flexibility index (Phi) is 6.35. The van der Waals surface area contributed by atoms with Crippen LogP contribution in [-0.4, -0.2) is 37.6 Å². The molecule has 0 saturated heterocycles. The summed E-state index contributed by atoms with van der Waals surface area (Å²) in [4.78, 5) is 2.69. The largest absolute Gasteiger partial charge is 0.317 e. The molecular formula is C18H36N2. The van der Waals surface area contributed by atoms with E-state index in [0.717, 1.165) is 29.8 Å². The highest BCUT2D eigenvalue weighted by Gasteiger charge is 2.30. The molecule has 2 heteroatoms. The van der Waals surface area contributed by atoms with Crippen LogP contribution in [0, 0.1) is 17.8 Å². The molecule has 2 aliphatic rings. The summed E-state index contributed by atoms with van der Waals surface area (Å²) in [5.74, 6) is 2.80. The summed E-state index contributed by atoms with van der Waals surface area (Å²) in [6.07, 6.45) is 11.4. The average Bonchev–Trinajstić information content (AvgIpc) is 2.47. The first-order chi connectivity index (χ1) is 9.63. The van der Waals surface area contributed by atoms with Crippen molar-refractivity contribution in [2.45, 2.75) is 77.3 Å². The van der Waals surface area contributed by atoms with Gasteiger partial charge in [0.05, 0.1) is 0 Å². The summed E-state index contributed by atoms with van der Waals surface area (Å²) in [7, 11) is 4.53. The van der Waals surface area contributed by atoms with E-state index in [2.05, 4.69) is 38.2 Å². The summed E-state index contributed by atoms with van der Waals surface area (Å²) < 4.78 is 0. The normalized spacial score (nSPS) is 39.1. The van der Waals surface area contributed by atoms with Crippen LogP contribution in [-0.2, 0) is 0 Å². The Hall–Kier alpha value is -0.0800. The molecule has 0 aromatic rings. The third-order valence-electron chi connectivity index (χ3n) is 6.15. The molecule has 0 amide bonds. The summed E-state index contributed by atoms with van der Waals surface area (Å²) >= 11 is 0. The highest BCUT2D eigenvalue weighted by atomic mass is 15.1. The van der Waals surface area contributed by atoms with Gasteiger partial charge in [0, 0.05) is 18.6 Å². The van der Waals surface area contributed by atoms with Crippen molar-refractivity contribution in [1.82, 2.24) is 10.2 Å². The van der Waals surface area contributed by atoms with Gasteiger partial charge in [-0.15, -0.1) is 0 Å². The Bertz CT molecular complexity index is 271. The van der Waals surface area contributed by atoms with E-state index < -0.39 is 0 Å². The van der Waals surface area contributed by atoms with Crippen LogP contribution in [0.25, 0.3) is 0 Å². The van der Waals surface area contributed by atoms with E-state index in [0.29, 0.717) is 0 Å². The fourth-order valence-electron chi connectivity index (χ4n) is 4.59. The Labute approximate surface area is 126 Å². The van der Waals surface area contributed by atoms with E-state index in [1.807, 2.05) is 0 Å². The van der Waals surface area contributed by atoms with E-state index in [9.17, 15) is 0 Å². The van der Waals surface area contributed by atoms with Gasteiger partial charge >= 0.3 is 0 Å². The number of hydrogen-bond acceptors (Lipinski definition) is 2. The van der Waals surface area contributed by atoms with Crippen molar-refractivity contribution in [2.24, 2.45) is 17.8 Å². The van der Waals surface area contributed by atoms with Gasteiger partial charge in [-0.25, -0.2) is 0 Å². The van der Waals surface area contributed by atoms with Crippen molar-refractivity contribution < 1.29 is 0 Å². The second-order valence-electron chi connectivity index (χ2n) is 7.60. The van der Waals surface area contributed by atoms with Crippen molar-refractivity contribution in [3.8, 4) is 0 Å². The summed E-state index contributed by atoms with van der Waals surface area (Å²) in [5, 5.41) is 3.57. The Morgan fingerprint density at radius 2 is 1.75 bits per heavy atom. The minimum atomic E-state index is 0.751. The molecular weight excluding hydrogens is 244 g/mol. The van der Waals surface area contributed by atoms with E-state index in [1.54, 1.807) is 0 Å². The predicted octanol–water partition coefficient (Wildman–Crippen LogP) is 3.91. The second-order valence-corrected chi connectivity index (χ2v) is 7.60. The molecule has 3 atom stereocenters. The van der Waals surface area contributed by atoms with Gasteiger partial charge in [0.15, 0.2) is 0 Å². The molecule has 118 valence electrons. The average molecular weight is 281 g/mol. The molecule has 1 N–H and O–H groups in total. The Balaban J connectivity index is 1.82. The molecule has 2 saturated carbocycles. The standard InChI is InChI=1S/C18H36N2/c1-5-15-7-9-17(10-8-15)20(4)13-16-12-14(2)6-11-18(16)19-3/h14-19H,5-13H2,1-4H3. The highest BCUT2D eigenvalue weighted by molar-refractivity contribution is 4.86. The zero-order chi connectivity index (χ0) is 14.5. The van der Waals surface area contributed by atoms with Gasteiger partial charge in [-0.05, 0) is 76.8 Å². The minimum Gasteiger partial charge on any atom is -0.317 e. The number of hydrogen-bond donors (Lipinski definition) is 1. The SMILES string of the molecule is CCC1CCC(N(C)CC2CC(C)CCC2NC)CC1. The lowest BCUT2D eigenvalue weighted by Gasteiger charge is -2.41. The summed E-state index contributed by atoms with van der Waals surface area (Å²) in [6.45, 7) is 6.10. The first-order valence-electron chi connectivity index (χ1n) is 9.01. The summed E-state index contributed by atoms with van der Waals surface area (Å²) in [5.41, 5.74) is 0. The molecule has 0 radical (unpaired) electrons. The van der Waals surface area contributed by atoms with Gasteiger partial charge in [0.1, 0.15) is 0 Å². The molecule has 0 aromatic heterocycles. The van der Waals surface area contributed by atoms with Crippen LogP contribution in [0.1, 0.15) is 65.2 Å². The lowest BCUT2D eigenvalue weighted by Crippen LogP contribution is -2.46. The molecule has 0 spiro atoms. The van der Waals surface area contributed by atoms with Gasteiger partial charge in [0.2, 0.25) is 0 Å². The molecule has 2 rings (SSSR count). The lowest BCUT2D eigenvalue weighted by molar-refractivity contribution is 0.108. The Morgan fingerprint density at radius 1 is 1.05 bits per heavy atom. The monoisotopic (exact) mass is 280 g/mol. The maximum Gasteiger partial charge on any atom is 0.0105 e. The van der Waals surface area contributed by atoms with Crippen LogP contribution < -0.4 is 5.32 Å². The molecule has 2 aliphatic carbocycles. The van der Waals surface area contributed by atoms with Crippen LogP contribution in [0.15, 0.2) is 0 Å². The topological polar surface area (TPSA) is 15.3 Å². The lowest BCUT2D eigenvalue weighted by atomic mass is 9.78. The van der Waals surface area contributed by atoms with Gasteiger partial charge in [0.25, 0.3) is 0 Å². The number of nitrogens with one attached hydrogen (secondary N) is 1. The molecule has 0 aromatic carbocycles. The quantitative estimate of drug-likeness (QED) is 0.821. The number of rotatable bonds is 5. The summed E-state index contributed by atoms with van der Waals surface area (Å²) in [6, 6.07) is 1.60. The van der Waals surface area contributed by atoms with Gasteiger partial charge in [-0.3, -0.25) is 0 Å². The molecule has 0 heterocycles. The molecule has 0 bridgehead atoms. The molecule has 2 nitrogen and oxygen atoms in total. The van der Waals surface area contributed by atoms with Crippen LogP contribution in [0.5, 0.6) is 0 Å². The van der Waals surface area contributed by atoms with Crippen LogP contribution in [0.2, 0.25) is 0 Å². The van der Waals surface area contributed by atoms with Crippen LogP contribution in [0.3, 0.4) is 0 Å². The first-order valence-corrected chi connectivity index (χ1v) is 9.01. The van der Waals surface area contributed by atoms with Crippen molar-refractivity contribution >= 4 is 0 Å². The van der Waals surface area contributed by atoms with E-state index in [1.165, 1.54) is 57.9 Å². The van der Waals surface area contributed by atoms with Crippen molar-refractivity contribution in [3.63, 3.8) is 0 Å². The van der Waals surface area contributed by atoms with Crippen molar-refractivity contribution in [1.29, 1.82) is 0 Å². The zero-order valence-corrected chi connectivity index (χ0v) is 14.2. The maximum atomic E-state index is 3.57. The van der Waals surface area contributed by atoms with Crippen molar-refractivity contribution in [2.75, 3.05) is 20.6 Å². The van der Waals surface area contributed by atoms with Gasteiger partial charge in [-0.2, -0.15) is 0 Å². The fourth-order valence-corrected chi connectivity index (χ4v) is 4.59. The zero-order valence-electron chi connectivity index (χ0n) is 14.2. The second kappa shape index (κ2) is 7.79.